The zero-order valence-electron chi connectivity index (χ0n) is 18.9. The van der Waals surface area contributed by atoms with Gasteiger partial charge in [-0.15, -0.1) is 0 Å². The smallest absolute Gasteiger partial charge is 0.417 e. The highest BCUT2D eigenvalue weighted by Crippen LogP contribution is 2.45. The molecule has 2 aliphatic rings. The molecule has 10 heteroatoms. The molecule has 4 rings (SSSR count). The van der Waals surface area contributed by atoms with Crippen molar-refractivity contribution < 1.29 is 27.4 Å². The van der Waals surface area contributed by atoms with Gasteiger partial charge in [-0.25, -0.2) is 4.98 Å². The number of fused-ring (bicyclic) bond motifs is 1. The number of piperidine rings is 1. The van der Waals surface area contributed by atoms with Gasteiger partial charge in [0.1, 0.15) is 0 Å². The van der Waals surface area contributed by atoms with Crippen LogP contribution in [0.2, 0.25) is 0 Å². The molecule has 1 amide bonds. The number of hydrogen-bond donors (Lipinski definition) is 0. The molecule has 0 bridgehead atoms. The molecule has 0 saturated carbocycles. The predicted molar refractivity (Wildman–Crippen MR) is 117 cm³/mol. The molecule has 0 N–H and O–H groups in total. The van der Waals surface area contributed by atoms with E-state index in [0.717, 1.165) is 6.07 Å². The highest BCUT2D eigenvalue weighted by Gasteiger charge is 2.51. The van der Waals surface area contributed by atoms with E-state index >= 15 is 0 Å². The molecule has 180 valence electrons. The van der Waals surface area contributed by atoms with Gasteiger partial charge in [0.2, 0.25) is 5.88 Å². The molecule has 2 saturated heterocycles. The summed E-state index contributed by atoms with van der Waals surface area (Å²) in [5.41, 5.74) is -0.900. The van der Waals surface area contributed by atoms with Crippen molar-refractivity contribution in [1.29, 1.82) is 5.26 Å². The van der Waals surface area contributed by atoms with Gasteiger partial charge in [0.15, 0.2) is 0 Å². The first-order valence-electron chi connectivity index (χ1n) is 10.9. The lowest BCUT2D eigenvalue weighted by Gasteiger charge is -2.43. The Morgan fingerprint density at radius 2 is 2.06 bits per heavy atom. The third kappa shape index (κ3) is 4.40. The zero-order chi connectivity index (χ0) is 24.5. The van der Waals surface area contributed by atoms with E-state index in [2.05, 4.69) is 4.98 Å². The Morgan fingerprint density at radius 3 is 2.68 bits per heavy atom. The first kappa shape index (κ1) is 23.8. The lowest BCUT2D eigenvalue weighted by molar-refractivity contribution is -0.137. The Morgan fingerprint density at radius 1 is 1.26 bits per heavy atom. The third-order valence-electron chi connectivity index (χ3n) is 6.77. The van der Waals surface area contributed by atoms with Gasteiger partial charge in [0.25, 0.3) is 5.91 Å². The second-order valence-corrected chi connectivity index (χ2v) is 8.82. The first-order valence-corrected chi connectivity index (χ1v) is 10.9. The van der Waals surface area contributed by atoms with Gasteiger partial charge in [-0.3, -0.25) is 4.79 Å². The van der Waals surface area contributed by atoms with Crippen LogP contribution in [0, 0.1) is 22.7 Å². The maximum Gasteiger partial charge on any atom is 0.417 e. The molecule has 34 heavy (non-hydrogen) atoms. The Hall–Kier alpha value is -3.32. The quantitative estimate of drug-likeness (QED) is 0.659. The van der Waals surface area contributed by atoms with Crippen molar-refractivity contribution in [3.05, 3.63) is 53.2 Å². The fourth-order valence-electron chi connectivity index (χ4n) is 5.12. The predicted octanol–water partition coefficient (Wildman–Crippen LogP) is 3.60. The van der Waals surface area contributed by atoms with Crippen LogP contribution in [0.4, 0.5) is 18.9 Å². The molecule has 7 nitrogen and oxygen atoms in total. The third-order valence-corrected chi connectivity index (χ3v) is 6.77. The van der Waals surface area contributed by atoms with Crippen LogP contribution in [0.25, 0.3) is 0 Å². The number of hydrogen-bond acceptors (Lipinski definition) is 6. The summed E-state index contributed by atoms with van der Waals surface area (Å²) in [5, 5.41) is 9.09. The van der Waals surface area contributed by atoms with Gasteiger partial charge < -0.3 is 19.3 Å². The summed E-state index contributed by atoms with van der Waals surface area (Å²) in [6, 6.07) is 8.73. The van der Waals surface area contributed by atoms with Crippen LogP contribution in [-0.4, -0.2) is 62.8 Å². The zero-order valence-corrected chi connectivity index (χ0v) is 18.9. The molecular weight excluding hydrogens is 449 g/mol. The first-order chi connectivity index (χ1) is 16.2. The summed E-state index contributed by atoms with van der Waals surface area (Å²) in [4.78, 5) is 20.9. The molecule has 0 spiro atoms. The monoisotopic (exact) mass is 474 g/mol. The number of aromatic nitrogens is 1. The number of anilines is 1. The lowest BCUT2D eigenvalue weighted by atomic mass is 9.74. The van der Waals surface area contributed by atoms with E-state index in [1.807, 2.05) is 4.90 Å². The Bertz CT molecular complexity index is 1100. The number of carbonyl (C=O) groups is 1. The molecule has 2 aromatic rings. The van der Waals surface area contributed by atoms with Crippen molar-refractivity contribution in [2.24, 2.45) is 11.3 Å². The number of benzene rings is 1. The number of pyridine rings is 1. The second kappa shape index (κ2) is 9.14. The number of halogens is 3. The Labute approximate surface area is 195 Å². The molecular formula is C24H25F3N4O3. The Balaban J connectivity index is 1.58. The molecule has 2 atom stereocenters. The van der Waals surface area contributed by atoms with Crippen molar-refractivity contribution in [3.63, 3.8) is 0 Å². The minimum Gasteiger partial charge on any atom is -0.481 e. The maximum absolute atomic E-state index is 13.5. The standard InChI is InChI=1S/C24H25F3N4O3/c1-33-15-23-13-30(22(32)17-4-6-21(34-2)29-11-17)8-7-18(23)12-31(14-23)19-5-3-16(10-28)20(9-19)24(25,26)27/h3-6,9,11,18H,7-8,12-15H2,1-2H3. The van der Waals surface area contributed by atoms with Gasteiger partial charge in [-0.1, -0.05) is 0 Å². The van der Waals surface area contributed by atoms with Crippen LogP contribution < -0.4 is 9.64 Å². The minimum atomic E-state index is -4.62. The number of nitrogens with zero attached hydrogens (tertiary/aromatic N) is 4. The summed E-state index contributed by atoms with van der Waals surface area (Å²) in [6.07, 6.45) is -2.43. The van der Waals surface area contributed by atoms with Crippen molar-refractivity contribution in [2.45, 2.75) is 12.6 Å². The Kier molecular flexibility index (Phi) is 6.41. The van der Waals surface area contributed by atoms with Crippen LogP contribution in [0.1, 0.15) is 27.9 Å². The van der Waals surface area contributed by atoms with Crippen LogP contribution >= 0.6 is 0 Å². The van der Waals surface area contributed by atoms with Crippen LogP contribution in [0.3, 0.4) is 0 Å². The summed E-state index contributed by atoms with van der Waals surface area (Å²) in [6.45, 7) is 2.34. The molecule has 3 heterocycles. The number of alkyl halides is 3. The van der Waals surface area contributed by atoms with Crippen molar-refractivity contribution in [1.82, 2.24) is 9.88 Å². The van der Waals surface area contributed by atoms with E-state index in [1.165, 1.54) is 19.4 Å². The highest BCUT2D eigenvalue weighted by molar-refractivity contribution is 5.94. The van der Waals surface area contributed by atoms with E-state index in [-0.39, 0.29) is 11.8 Å². The van der Waals surface area contributed by atoms with Gasteiger partial charge >= 0.3 is 6.18 Å². The van der Waals surface area contributed by atoms with Gasteiger partial charge in [-0.2, -0.15) is 18.4 Å². The average molecular weight is 474 g/mol. The fraction of sp³-hybridized carbons (Fsp3) is 0.458. The largest absolute Gasteiger partial charge is 0.481 e. The number of methoxy groups -OCH3 is 2. The number of likely N-dealkylation sites (tertiary alicyclic amines) is 1. The molecule has 0 aliphatic carbocycles. The van der Waals surface area contributed by atoms with Gasteiger partial charge in [0.05, 0.1) is 36.5 Å². The minimum absolute atomic E-state index is 0.149. The lowest BCUT2D eigenvalue weighted by Crippen LogP contribution is -2.53. The highest BCUT2D eigenvalue weighted by atomic mass is 19.4. The number of nitriles is 1. The molecule has 1 aromatic heterocycles. The summed E-state index contributed by atoms with van der Waals surface area (Å²) in [7, 11) is 3.09. The number of carbonyl (C=O) groups excluding carboxylic acids is 1. The number of rotatable bonds is 5. The molecule has 2 unspecified atom stereocenters. The summed E-state index contributed by atoms with van der Waals surface area (Å²) >= 11 is 0. The average Bonchev–Trinajstić information content (AvgIpc) is 3.21. The van der Waals surface area contributed by atoms with Gasteiger partial charge in [-0.05, 0) is 36.6 Å². The van der Waals surface area contributed by atoms with E-state index in [4.69, 9.17) is 14.7 Å². The molecule has 2 aliphatic heterocycles. The van der Waals surface area contributed by atoms with Crippen LogP contribution in [-0.2, 0) is 10.9 Å². The maximum atomic E-state index is 13.5. The molecule has 1 aromatic carbocycles. The van der Waals surface area contributed by atoms with E-state index in [1.54, 1.807) is 36.3 Å². The van der Waals surface area contributed by atoms with E-state index in [9.17, 15) is 18.0 Å². The van der Waals surface area contributed by atoms with E-state index < -0.39 is 22.7 Å². The number of amides is 1. The van der Waals surface area contributed by atoms with E-state index in [0.29, 0.717) is 56.3 Å². The summed E-state index contributed by atoms with van der Waals surface area (Å²) in [5.74, 6) is 0.411. The topological polar surface area (TPSA) is 78.7 Å². The van der Waals surface area contributed by atoms with Crippen LogP contribution in [0.15, 0.2) is 36.5 Å². The number of ether oxygens (including phenoxy) is 2. The van der Waals surface area contributed by atoms with Crippen molar-refractivity contribution >= 4 is 11.6 Å². The van der Waals surface area contributed by atoms with Gasteiger partial charge in [0, 0.05) is 56.7 Å². The fourth-order valence-corrected chi connectivity index (χ4v) is 5.12. The second-order valence-electron chi connectivity index (χ2n) is 8.82. The summed E-state index contributed by atoms with van der Waals surface area (Å²) < 4.78 is 51.1. The molecule has 0 radical (unpaired) electrons. The molecule has 2 fully saturated rings. The van der Waals surface area contributed by atoms with Crippen molar-refractivity contribution in [3.8, 4) is 11.9 Å². The normalized spacial score (nSPS) is 22.3. The van der Waals surface area contributed by atoms with Crippen molar-refractivity contribution in [2.75, 3.05) is 51.9 Å². The van der Waals surface area contributed by atoms with Crippen LogP contribution in [0.5, 0.6) is 5.88 Å². The SMILES string of the molecule is COCC12CN(C(=O)c3ccc(OC)nc3)CCC1CN(c1ccc(C#N)c(C(F)(F)F)c1)C2.